The van der Waals surface area contributed by atoms with Gasteiger partial charge >= 0.3 is 0 Å². The summed E-state index contributed by atoms with van der Waals surface area (Å²) < 4.78 is 0. The highest BCUT2D eigenvalue weighted by Crippen LogP contribution is 2.34. The van der Waals surface area contributed by atoms with E-state index in [0.29, 0.717) is 0 Å². The standard InChI is InChI=1S/C19H17N/c1-14-13-18(16-9-5-3-6-10-16)19(15(2)20-14)17-11-7-4-8-12-17/h3-13H,1-2H3. The molecule has 0 radical (unpaired) electrons. The number of benzene rings is 2. The van der Waals surface area contributed by atoms with E-state index in [1.165, 1.54) is 22.3 Å². The Labute approximate surface area is 119 Å². The van der Waals surface area contributed by atoms with Crippen LogP contribution in [-0.4, -0.2) is 4.98 Å². The van der Waals surface area contributed by atoms with Crippen molar-refractivity contribution >= 4 is 0 Å². The SMILES string of the molecule is Cc1cc(-c2ccccc2)c(-c2ccccc2)c(C)n1. The van der Waals surface area contributed by atoms with Crippen molar-refractivity contribution in [2.75, 3.05) is 0 Å². The summed E-state index contributed by atoms with van der Waals surface area (Å²) in [6.07, 6.45) is 0. The molecule has 0 bridgehead atoms. The number of pyridine rings is 1. The maximum Gasteiger partial charge on any atom is 0.0460 e. The fraction of sp³-hybridized carbons (Fsp3) is 0.105. The second-order valence-electron chi connectivity index (χ2n) is 5.00. The Morgan fingerprint density at radius 2 is 1.25 bits per heavy atom. The average molecular weight is 259 g/mol. The lowest BCUT2D eigenvalue weighted by molar-refractivity contribution is 1.13. The molecule has 0 unspecified atom stereocenters. The van der Waals surface area contributed by atoms with Crippen molar-refractivity contribution in [1.29, 1.82) is 0 Å². The number of nitrogens with zero attached hydrogens (tertiary/aromatic N) is 1. The van der Waals surface area contributed by atoms with Crippen molar-refractivity contribution in [1.82, 2.24) is 4.98 Å². The highest BCUT2D eigenvalue weighted by Gasteiger charge is 2.11. The zero-order chi connectivity index (χ0) is 13.9. The van der Waals surface area contributed by atoms with E-state index in [9.17, 15) is 0 Å². The van der Waals surface area contributed by atoms with Gasteiger partial charge in [-0.3, -0.25) is 4.98 Å². The average Bonchev–Trinajstić information content (AvgIpc) is 2.48. The summed E-state index contributed by atoms with van der Waals surface area (Å²) in [5.41, 5.74) is 7.07. The Hall–Kier alpha value is -2.41. The van der Waals surface area contributed by atoms with Crippen LogP contribution >= 0.6 is 0 Å². The highest BCUT2D eigenvalue weighted by atomic mass is 14.7. The van der Waals surface area contributed by atoms with Gasteiger partial charge in [-0.2, -0.15) is 0 Å². The quantitative estimate of drug-likeness (QED) is 0.628. The molecule has 0 fully saturated rings. The van der Waals surface area contributed by atoms with Crippen LogP contribution in [0.5, 0.6) is 0 Å². The zero-order valence-corrected chi connectivity index (χ0v) is 11.8. The fourth-order valence-electron chi connectivity index (χ4n) is 2.64. The van der Waals surface area contributed by atoms with Crippen LogP contribution in [0.15, 0.2) is 66.7 Å². The predicted molar refractivity (Wildman–Crippen MR) is 84.6 cm³/mol. The van der Waals surface area contributed by atoms with Gasteiger partial charge in [-0.15, -0.1) is 0 Å². The van der Waals surface area contributed by atoms with Gasteiger partial charge in [-0.1, -0.05) is 60.7 Å². The Kier molecular flexibility index (Phi) is 3.34. The first kappa shape index (κ1) is 12.6. The second kappa shape index (κ2) is 5.30. The molecule has 0 saturated heterocycles. The highest BCUT2D eigenvalue weighted by molar-refractivity contribution is 5.84. The van der Waals surface area contributed by atoms with Crippen LogP contribution < -0.4 is 0 Å². The summed E-state index contributed by atoms with van der Waals surface area (Å²) in [5, 5.41) is 0. The van der Waals surface area contributed by atoms with Crippen molar-refractivity contribution in [2.24, 2.45) is 0 Å². The smallest absolute Gasteiger partial charge is 0.0460 e. The Morgan fingerprint density at radius 1 is 0.700 bits per heavy atom. The first-order valence-corrected chi connectivity index (χ1v) is 6.85. The molecule has 1 heterocycles. The molecule has 0 saturated carbocycles. The molecule has 1 aromatic heterocycles. The summed E-state index contributed by atoms with van der Waals surface area (Å²) in [6.45, 7) is 4.13. The monoisotopic (exact) mass is 259 g/mol. The Morgan fingerprint density at radius 3 is 1.85 bits per heavy atom. The third-order valence-corrected chi connectivity index (χ3v) is 3.48. The Bertz CT molecular complexity index is 716. The van der Waals surface area contributed by atoms with Crippen LogP contribution in [0.3, 0.4) is 0 Å². The molecule has 1 nitrogen and oxygen atoms in total. The maximum absolute atomic E-state index is 4.64. The van der Waals surface area contributed by atoms with Gasteiger partial charge < -0.3 is 0 Å². The fourth-order valence-corrected chi connectivity index (χ4v) is 2.64. The number of aromatic nitrogens is 1. The molecule has 1 heteroatoms. The second-order valence-corrected chi connectivity index (χ2v) is 5.00. The van der Waals surface area contributed by atoms with Gasteiger partial charge in [0.05, 0.1) is 0 Å². The first-order valence-electron chi connectivity index (χ1n) is 6.85. The first-order chi connectivity index (χ1) is 9.75. The molecule has 0 aliphatic carbocycles. The Balaban J connectivity index is 2.29. The van der Waals surface area contributed by atoms with Crippen LogP contribution in [0, 0.1) is 13.8 Å². The van der Waals surface area contributed by atoms with E-state index in [1.54, 1.807) is 0 Å². The van der Waals surface area contributed by atoms with Crippen LogP contribution in [0.1, 0.15) is 11.4 Å². The third-order valence-electron chi connectivity index (χ3n) is 3.48. The van der Waals surface area contributed by atoms with E-state index in [-0.39, 0.29) is 0 Å². The number of hydrogen-bond acceptors (Lipinski definition) is 1. The van der Waals surface area contributed by atoms with Gasteiger partial charge in [0.15, 0.2) is 0 Å². The largest absolute Gasteiger partial charge is 0.258 e. The van der Waals surface area contributed by atoms with Gasteiger partial charge in [0.25, 0.3) is 0 Å². The van der Waals surface area contributed by atoms with Crippen molar-refractivity contribution in [2.45, 2.75) is 13.8 Å². The minimum atomic E-state index is 1.06. The van der Waals surface area contributed by atoms with E-state index in [0.717, 1.165) is 11.4 Å². The summed E-state index contributed by atoms with van der Waals surface area (Å²) >= 11 is 0. The van der Waals surface area contributed by atoms with Crippen molar-refractivity contribution in [3.05, 3.63) is 78.1 Å². The topological polar surface area (TPSA) is 12.9 Å². The predicted octanol–water partition coefficient (Wildman–Crippen LogP) is 5.03. The van der Waals surface area contributed by atoms with Crippen molar-refractivity contribution in [3.8, 4) is 22.3 Å². The van der Waals surface area contributed by atoms with Crippen molar-refractivity contribution in [3.63, 3.8) is 0 Å². The number of rotatable bonds is 2. The molecule has 0 N–H and O–H groups in total. The summed E-state index contributed by atoms with van der Waals surface area (Å²) in [6, 6.07) is 23.2. The van der Waals surface area contributed by atoms with Crippen LogP contribution in [0.2, 0.25) is 0 Å². The molecule has 0 amide bonds. The van der Waals surface area contributed by atoms with Crippen LogP contribution in [0.25, 0.3) is 22.3 Å². The zero-order valence-electron chi connectivity index (χ0n) is 11.8. The molecule has 98 valence electrons. The minimum Gasteiger partial charge on any atom is -0.258 e. The third kappa shape index (κ3) is 2.35. The number of aryl methyl sites for hydroxylation is 2. The molecule has 3 rings (SSSR count). The molecular weight excluding hydrogens is 242 g/mol. The van der Waals surface area contributed by atoms with Gasteiger partial charge in [0.1, 0.15) is 0 Å². The van der Waals surface area contributed by atoms with Crippen molar-refractivity contribution < 1.29 is 0 Å². The summed E-state index contributed by atoms with van der Waals surface area (Å²) in [5.74, 6) is 0. The lowest BCUT2D eigenvalue weighted by Gasteiger charge is -2.14. The van der Waals surface area contributed by atoms with E-state index in [1.807, 2.05) is 19.1 Å². The van der Waals surface area contributed by atoms with Crippen LogP contribution in [-0.2, 0) is 0 Å². The normalized spacial score (nSPS) is 10.5. The number of hydrogen-bond donors (Lipinski definition) is 0. The molecule has 2 aromatic carbocycles. The lowest BCUT2D eigenvalue weighted by atomic mass is 9.93. The summed E-state index contributed by atoms with van der Waals surface area (Å²) in [7, 11) is 0. The van der Waals surface area contributed by atoms with Gasteiger partial charge in [-0.05, 0) is 36.6 Å². The van der Waals surface area contributed by atoms with Gasteiger partial charge in [-0.25, -0.2) is 0 Å². The van der Waals surface area contributed by atoms with E-state index in [2.05, 4.69) is 66.5 Å². The molecule has 0 atom stereocenters. The maximum atomic E-state index is 4.64. The molecular formula is C19H17N. The molecule has 3 aromatic rings. The molecule has 0 aliphatic rings. The minimum absolute atomic E-state index is 1.06. The lowest BCUT2D eigenvalue weighted by Crippen LogP contribution is -1.95. The van der Waals surface area contributed by atoms with E-state index >= 15 is 0 Å². The molecule has 0 spiro atoms. The summed E-state index contributed by atoms with van der Waals surface area (Å²) in [4.78, 5) is 4.64. The van der Waals surface area contributed by atoms with Gasteiger partial charge in [0, 0.05) is 17.0 Å². The van der Waals surface area contributed by atoms with Gasteiger partial charge in [0.2, 0.25) is 0 Å². The van der Waals surface area contributed by atoms with E-state index < -0.39 is 0 Å². The van der Waals surface area contributed by atoms with E-state index in [4.69, 9.17) is 0 Å². The molecule has 20 heavy (non-hydrogen) atoms. The van der Waals surface area contributed by atoms with Crippen LogP contribution in [0.4, 0.5) is 0 Å². The molecule has 0 aliphatic heterocycles.